The number of rotatable bonds is 7. The number of amides is 1. The number of aryl methyl sites for hydroxylation is 3. The summed E-state index contributed by atoms with van der Waals surface area (Å²) in [7, 11) is -3.81. The molecule has 3 rings (SSSR count). The Hall–Kier alpha value is -3.01. The van der Waals surface area contributed by atoms with Gasteiger partial charge in [0.2, 0.25) is 11.0 Å². The maximum atomic E-state index is 12.4. The zero-order valence-electron chi connectivity index (χ0n) is 16.8. The van der Waals surface area contributed by atoms with Crippen LogP contribution in [0.2, 0.25) is 0 Å². The van der Waals surface area contributed by atoms with Crippen molar-refractivity contribution in [2.24, 2.45) is 0 Å². The molecule has 2 N–H and O–H groups in total. The third-order valence-electron chi connectivity index (χ3n) is 3.96. The van der Waals surface area contributed by atoms with Crippen LogP contribution in [0.3, 0.4) is 0 Å². The van der Waals surface area contributed by atoms with E-state index in [-0.39, 0.29) is 21.7 Å². The second-order valence-electron chi connectivity index (χ2n) is 6.47. The maximum Gasteiger partial charge on any atom is 0.263 e. The number of nitrogens with zero attached hydrogens (tertiary/aromatic N) is 4. The van der Waals surface area contributed by atoms with Crippen molar-refractivity contribution in [2.45, 2.75) is 30.7 Å². The topological polar surface area (TPSA) is 138 Å². The summed E-state index contributed by atoms with van der Waals surface area (Å²) in [6.45, 7) is 5.38. The Bertz CT molecular complexity index is 1260. The van der Waals surface area contributed by atoms with Crippen molar-refractivity contribution >= 4 is 49.8 Å². The predicted molar refractivity (Wildman–Crippen MR) is 120 cm³/mol. The van der Waals surface area contributed by atoms with Crippen LogP contribution >= 0.6 is 23.1 Å². The minimum Gasteiger partial charge on any atom is -0.325 e. The molecule has 0 atom stereocenters. The summed E-state index contributed by atoms with van der Waals surface area (Å²) in [5, 5.41) is 20.9. The van der Waals surface area contributed by atoms with Gasteiger partial charge in [0.25, 0.3) is 10.0 Å². The van der Waals surface area contributed by atoms with Crippen molar-refractivity contribution < 1.29 is 13.2 Å². The van der Waals surface area contributed by atoms with Gasteiger partial charge in [0.15, 0.2) is 0 Å². The van der Waals surface area contributed by atoms with Crippen LogP contribution in [0.1, 0.15) is 21.8 Å². The Kier molecular flexibility index (Phi) is 6.89. The van der Waals surface area contributed by atoms with E-state index in [4.69, 9.17) is 0 Å². The molecule has 2 aromatic heterocycles. The summed E-state index contributed by atoms with van der Waals surface area (Å²) < 4.78 is 27.2. The first-order valence-electron chi connectivity index (χ1n) is 8.92. The van der Waals surface area contributed by atoms with Gasteiger partial charge in [-0.25, -0.2) is 13.4 Å². The summed E-state index contributed by atoms with van der Waals surface area (Å²) in [6.07, 6.45) is 0. The maximum absolute atomic E-state index is 12.4. The average molecular weight is 475 g/mol. The lowest BCUT2D eigenvalue weighted by Gasteiger charge is -2.09. The molecule has 0 bridgehead atoms. The number of nitrogens with one attached hydrogen (secondary N) is 2. The van der Waals surface area contributed by atoms with E-state index in [1.54, 1.807) is 6.92 Å². The minimum atomic E-state index is -3.81. The van der Waals surface area contributed by atoms with Gasteiger partial charge in [0.1, 0.15) is 16.1 Å². The van der Waals surface area contributed by atoms with E-state index in [1.807, 2.05) is 19.9 Å². The number of anilines is 2. The summed E-state index contributed by atoms with van der Waals surface area (Å²) in [4.78, 5) is 16.7. The van der Waals surface area contributed by atoms with Crippen molar-refractivity contribution in [3.63, 3.8) is 0 Å². The van der Waals surface area contributed by atoms with Gasteiger partial charge in [0, 0.05) is 11.4 Å². The van der Waals surface area contributed by atoms with E-state index in [1.165, 1.54) is 36.0 Å². The van der Waals surface area contributed by atoms with E-state index >= 15 is 0 Å². The smallest absolute Gasteiger partial charge is 0.263 e. The Morgan fingerprint density at radius 1 is 1.19 bits per heavy atom. The number of hydrogen-bond acceptors (Lipinski definition) is 9. The van der Waals surface area contributed by atoms with E-state index < -0.39 is 10.0 Å². The Labute approximate surface area is 188 Å². The lowest BCUT2D eigenvalue weighted by atomic mass is 10.1. The molecule has 1 amide bonds. The van der Waals surface area contributed by atoms with Crippen LogP contribution in [0.5, 0.6) is 0 Å². The number of carbonyl (C=O) groups excluding carboxylic acids is 1. The predicted octanol–water partition coefficient (Wildman–Crippen LogP) is 3.26. The molecule has 12 heteroatoms. The Balaban J connectivity index is 1.62. The molecule has 9 nitrogen and oxygen atoms in total. The minimum absolute atomic E-state index is 0.0332. The molecular weight excluding hydrogens is 456 g/mol. The van der Waals surface area contributed by atoms with Crippen LogP contribution in [0.15, 0.2) is 40.3 Å². The van der Waals surface area contributed by atoms with Gasteiger partial charge in [-0.05, 0) is 56.7 Å². The van der Waals surface area contributed by atoms with Gasteiger partial charge in [-0.1, -0.05) is 23.1 Å². The molecule has 0 aliphatic heterocycles. The molecule has 0 aliphatic carbocycles. The van der Waals surface area contributed by atoms with Gasteiger partial charge in [0.05, 0.1) is 16.2 Å². The largest absolute Gasteiger partial charge is 0.325 e. The van der Waals surface area contributed by atoms with Crippen LogP contribution in [-0.2, 0) is 14.8 Å². The molecular formula is C19H18N6O3S3. The van der Waals surface area contributed by atoms with Gasteiger partial charge >= 0.3 is 0 Å². The zero-order chi connectivity index (χ0) is 22.6. The van der Waals surface area contributed by atoms with Gasteiger partial charge in [-0.2, -0.15) is 5.26 Å². The van der Waals surface area contributed by atoms with Crippen molar-refractivity contribution in [2.75, 3.05) is 15.8 Å². The average Bonchev–Trinajstić information content (AvgIpc) is 3.10. The van der Waals surface area contributed by atoms with Crippen molar-refractivity contribution in [1.29, 1.82) is 5.26 Å². The molecule has 160 valence electrons. The highest BCUT2D eigenvalue weighted by Crippen LogP contribution is 2.24. The Morgan fingerprint density at radius 3 is 2.52 bits per heavy atom. The van der Waals surface area contributed by atoms with Crippen LogP contribution in [-0.4, -0.2) is 35.3 Å². The number of aromatic nitrogens is 3. The second-order valence-corrected chi connectivity index (χ2v) is 10.3. The van der Waals surface area contributed by atoms with Crippen molar-refractivity contribution in [3.8, 4) is 6.07 Å². The SMILES string of the molecule is Cc1cc(C)c(C#N)c(SCC(=O)Nc2ccc(S(=O)(=O)Nc3nnc(C)s3)cc2)n1. The fourth-order valence-corrected chi connectivity index (χ4v) is 5.32. The van der Waals surface area contributed by atoms with Crippen LogP contribution < -0.4 is 10.0 Å². The van der Waals surface area contributed by atoms with Crippen LogP contribution in [0.25, 0.3) is 0 Å². The molecule has 1 aromatic carbocycles. The molecule has 2 heterocycles. The first-order chi connectivity index (χ1) is 14.7. The number of nitriles is 1. The highest BCUT2D eigenvalue weighted by molar-refractivity contribution is 8.00. The summed E-state index contributed by atoms with van der Waals surface area (Å²) in [5.74, 6) is -0.240. The lowest BCUT2D eigenvalue weighted by Crippen LogP contribution is -2.15. The van der Waals surface area contributed by atoms with Crippen molar-refractivity contribution in [3.05, 3.63) is 52.2 Å². The summed E-state index contributed by atoms with van der Waals surface area (Å²) in [5.41, 5.74) is 2.49. The summed E-state index contributed by atoms with van der Waals surface area (Å²) in [6, 6.07) is 9.71. The normalized spacial score (nSPS) is 11.0. The number of benzene rings is 1. The molecule has 0 fully saturated rings. The first kappa shape index (κ1) is 22.7. The van der Waals surface area contributed by atoms with Gasteiger partial charge in [-0.3, -0.25) is 9.52 Å². The number of carbonyl (C=O) groups is 1. The molecule has 3 aromatic rings. The molecule has 0 unspecified atom stereocenters. The fourth-order valence-electron chi connectivity index (χ4n) is 2.60. The van der Waals surface area contributed by atoms with Crippen LogP contribution in [0.4, 0.5) is 10.8 Å². The van der Waals surface area contributed by atoms with Gasteiger partial charge in [-0.15, -0.1) is 10.2 Å². The van der Waals surface area contributed by atoms with Crippen molar-refractivity contribution in [1.82, 2.24) is 15.2 Å². The quantitative estimate of drug-likeness (QED) is 0.498. The van der Waals surface area contributed by atoms with Gasteiger partial charge < -0.3 is 5.32 Å². The highest BCUT2D eigenvalue weighted by Gasteiger charge is 2.17. The third-order valence-corrected chi connectivity index (χ3v) is 7.17. The molecule has 0 aliphatic rings. The number of pyridine rings is 1. The second kappa shape index (κ2) is 9.42. The number of thioether (sulfide) groups is 1. The molecule has 0 saturated heterocycles. The lowest BCUT2D eigenvalue weighted by molar-refractivity contribution is -0.113. The molecule has 31 heavy (non-hydrogen) atoms. The summed E-state index contributed by atoms with van der Waals surface area (Å²) >= 11 is 2.31. The fraction of sp³-hybridized carbons (Fsp3) is 0.211. The van der Waals surface area contributed by atoms with E-state index in [0.717, 1.165) is 22.6 Å². The standard InChI is InChI=1S/C19H18N6O3S3/c1-11-8-12(2)21-18(16(11)9-20)29-10-17(26)22-14-4-6-15(7-5-14)31(27,28)25-19-24-23-13(3)30-19/h4-8H,10H2,1-3H3,(H,22,26)(H,24,25). The highest BCUT2D eigenvalue weighted by atomic mass is 32.2. The number of hydrogen-bond donors (Lipinski definition) is 2. The zero-order valence-corrected chi connectivity index (χ0v) is 19.3. The molecule has 0 spiro atoms. The van der Waals surface area contributed by atoms with E-state index in [2.05, 4.69) is 31.3 Å². The molecule has 0 radical (unpaired) electrons. The third kappa shape index (κ3) is 5.78. The number of sulfonamides is 1. The first-order valence-corrected chi connectivity index (χ1v) is 12.2. The Morgan fingerprint density at radius 2 is 1.90 bits per heavy atom. The van der Waals surface area contributed by atoms with E-state index in [9.17, 15) is 18.5 Å². The molecule has 0 saturated carbocycles. The van der Waals surface area contributed by atoms with Crippen LogP contribution in [0, 0.1) is 32.1 Å². The monoisotopic (exact) mass is 474 g/mol. The van der Waals surface area contributed by atoms with E-state index in [0.29, 0.717) is 21.3 Å².